The van der Waals surface area contributed by atoms with Crippen LogP contribution in [0.4, 0.5) is 0 Å². The Morgan fingerprint density at radius 1 is 1.50 bits per heavy atom. The van der Waals surface area contributed by atoms with E-state index in [1.807, 2.05) is 13.3 Å². The van der Waals surface area contributed by atoms with Gasteiger partial charge in [0.1, 0.15) is 0 Å². The van der Waals surface area contributed by atoms with E-state index in [0.29, 0.717) is 6.04 Å². The molecule has 0 aliphatic carbocycles. The molecule has 0 bridgehead atoms. The molecule has 0 amide bonds. The zero-order chi connectivity index (χ0) is 11.0. The molecule has 2 nitrogen and oxygen atoms in total. The van der Waals surface area contributed by atoms with Crippen molar-refractivity contribution in [3.05, 3.63) is 23.9 Å². The molecule has 0 aliphatic heterocycles. The standard InChI is InChI=1S/C12H22N2/c1-6-11(3)8-9-14(10-13-5)12(4)7-2/h6,8-10,12H,7H2,1-5H3/b9-8-,11-6-,13-10+. The second-order valence-corrected chi connectivity index (χ2v) is 3.43. The number of nitrogens with zero attached hydrogens (tertiary/aromatic N) is 2. The van der Waals surface area contributed by atoms with E-state index >= 15 is 0 Å². The van der Waals surface area contributed by atoms with E-state index in [1.54, 1.807) is 7.05 Å². The number of hydrogen-bond acceptors (Lipinski definition) is 1. The maximum atomic E-state index is 4.04. The zero-order valence-corrected chi connectivity index (χ0v) is 9.99. The number of aliphatic imine (C=N–C) groups is 1. The van der Waals surface area contributed by atoms with Gasteiger partial charge < -0.3 is 4.90 Å². The molecule has 0 saturated carbocycles. The van der Waals surface area contributed by atoms with E-state index in [9.17, 15) is 0 Å². The minimum Gasteiger partial charge on any atom is -0.337 e. The van der Waals surface area contributed by atoms with Crippen LogP contribution in [0.5, 0.6) is 0 Å². The Morgan fingerprint density at radius 2 is 2.14 bits per heavy atom. The van der Waals surface area contributed by atoms with Crippen LogP contribution in [0, 0.1) is 0 Å². The summed E-state index contributed by atoms with van der Waals surface area (Å²) in [5.74, 6) is 0. The zero-order valence-electron chi connectivity index (χ0n) is 9.99. The van der Waals surface area contributed by atoms with Gasteiger partial charge in [0.2, 0.25) is 0 Å². The van der Waals surface area contributed by atoms with Gasteiger partial charge in [-0.15, -0.1) is 0 Å². The van der Waals surface area contributed by atoms with Gasteiger partial charge in [0.05, 0.1) is 6.34 Å². The Bertz CT molecular complexity index is 226. The topological polar surface area (TPSA) is 15.6 Å². The fraction of sp³-hybridized carbons (Fsp3) is 0.583. The van der Waals surface area contributed by atoms with Crippen LogP contribution in [0.1, 0.15) is 34.1 Å². The maximum Gasteiger partial charge on any atom is 0.0888 e. The van der Waals surface area contributed by atoms with Crippen LogP contribution in [0.2, 0.25) is 0 Å². The van der Waals surface area contributed by atoms with Crippen molar-refractivity contribution < 1.29 is 0 Å². The number of rotatable bonds is 5. The SMILES string of the molecule is C/C=C(C)\C=C/N(/C=N/C)C(C)CC. The van der Waals surface area contributed by atoms with E-state index < -0.39 is 0 Å². The average Bonchev–Trinajstić information content (AvgIpc) is 2.22. The van der Waals surface area contributed by atoms with Crippen molar-refractivity contribution >= 4 is 6.34 Å². The molecule has 1 atom stereocenters. The van der Waals surface area contributed by atoms with Crippen molar-refractivity contribution in [1.29, 1.82) is 0 Å². The number of hydrogen-bond donors (Lipinski definition) is 0. The summed E-state index contributed by atoms with van der Waals surface area (Å²) in [5, 5.41) is 0. The Balaban J connectivity index is 4.44. The predicted octanol–water partition coefficient (Wildman–Crippen LogP) is 3.22. The highest BCUT2D eigenvalue weighted by Gasteiger charge is 2.03. The summed E-state index contributed by atoms with van der Waals surface area (Å²) in [5.41, 5.74) is 1.27. The highest BCUT2D eigenvalue weighted by molar-refractivity contribution is 5.57. The first-order valence-electron chi connectivity index (χ1n) is 5.16. The Kier molecular flexibility index (Phi) is 6.81. The molecule has 1 unspecified atom stereocenters. The molecule has 0 N–H and O–H groups in total. The highest BCUT2D eigenvalue weighted by Crippen LogP contribution is 2.03. The van der Waals surface area contributed by atoms with E-state index in [4.69, 9.17) is 0 Å². The van der Waals surface area contributed by atoms with Crippen LogP contribution in [-0.4, -0.2) is 24.3 Å². The molecule has 14 heavy (non-hydrogen) atoms. The van der Waals surface area contributed by atoms with E-state index in [2.05, 4.69) is 49.0 Å². The van der Waals surface area contributed by atoms with Crippen molar-refractivity contribution in [2.24, 2.45) is 4.99 Å². The van der Waals surface area contributed by atoms with Crippen molar-refractivity contribution in [2.75, 3.05) is 7.05 Å². The van der Waals surface area contributed by atoms with Crippen LogP contribution in [-0.2, 0) is 0 Å². The van der Waals surface area contributed by atoms with Crippen molar-refractivity contribution in [1.82, 2.24) is 4.90 Å². The van der Waals surface area contributed by atoms with Gasteiger partial charge in [-0.05, 0) is 33.3 Å². The van der Waals surface area contributed by atoms with Crippen LogP contribution >= 0.6 is 0 Å². The first-order chi connectivity index (χ1) is 6.65. The monoisotopic (exact) mass is 194 g/mol. The van der Waals surface area contributed by atoms with Gasteiger partial charge >= 0.3 is 0 Å². The average molecular weight is 194 g/mol. The molecule has 0 aromatic heterocycles. The molecule has 0 aliphatic rings. The van der Waals surface area contributed by atoms with Gasteiger partial charge in [-0.1, -0.05) is 18.6 Å². The van der Waals surface area contributed by atoms with Crippen molar-refractivity contribution in [3.8, 4) is 0 Å². The first kappa shape index (κ1) is 12.9. The van der Waals surface area contributed by atoms with E-state index in [-0.39, 0.29) is 0 Å². The summed E-state index contributed by atoms with van der Waals surface area (Å²) in [6, 6.07) is 0.500. The molecule has 0 saturated heterocycles. The third-order valence-corrected chi connectivity index (χ3v) is 2.31. The number of allylic oxidation sites excluding steroid dienone is 3. The third-order valence-electron chi connectivity index (χ3n) is 2.31. The summed E-state index contributed by atoms with van der Waals surface area (Å²) >= 11 is 0. The molecule has 0 fully saturated rings. The quantitative estimate of drug-likeness (QED) is 0.373. The van der Waals surface area contributed by atoms with Gasteiger partial charge in [-0.25, -0.2) is 0 Å². The summed E-state index contributed by atoms with van der Waals surface area (Å²) < 4.78 is 0. The normalized spacial score (nSPS) is 15.4. The lowest BCUT2D eigenvalue weighted by molar-refractivity contribution is 0.426. The summed E-state index contributed by atoms with van der Waals surface area (Å²) in [4.78, 5) is 6.17. The molecule has 0 heterocycles. The second-order valence-electron chi connectivity index (χ2n) is 3.43. The maximum absolute atomic E-state index is 4.04. The van der Waals surface area contributed by atoms with E-state index in [1.165, 1.54) is 5.57 Å². The van der Waals surface area contributed by atoms with Crippen LogP contribution in [0.15, 0.2) is 28.9 Å². The van der Waals surface area contributed by atoms with Crippen LogP contribution in [0.3, 0.4) is 0 Å². The Hall–Kier alpha value is -1.05. The smallest absolute Gasteiger partial charge is 0.0888 e. The molecule has 0 aromatic rings. The fourth-order valence-electron chi connectivity index (χ4n) is 0.943. The summed E-state index contributed by atoms with van der Waals surface area (Å²) in [6.07, 6.45) is 9.26. The molecular weight excluding hydrogens is 172 g/mol. The minimum atomic E-state index is 0.500. The second kappa shape index (κ2) is 7.36. The van der Waals surface area contributed by atoms with Gasteiger partial charge in [0.25, 0.3) is 0 Å². The largest absolute Gasteiger partial charge is 0.337 e. The first-order valence-corrected chi connectivity index (χ1v) is 5.16. The van der Waals surface area contributed by atoms with Gasteiger partial charge in [0.15, 0.2) is 0 Å². The van der Waals surface area contributed by atoms with Crippen molar-refractivity contribution in [3.63, 3.8) is 0 Å². The molecule has 2 heteroatoms. The molecule has 0 spiro atoms. The van der Waals surface area contributed by atoms with E-state index in [0.717, 1.165) is 6.42 Å². The lowest BCUT2D eigenvalue weighted by atomic mass is 10.2. The van der Waals surface area contributed by atoms with Crippen LogP contribution < -0.4 is 0 Å². The molecule has 0 aromatic carbocycles. The molecule has 0 radical (unpaired) electrons. The molecule has 0 rings (SSSR count). The molecular formula is C12H22N2. The highest BCUT2D eigenvalue weighted by atomic mass is 15.2. The van der Waals surface area contributed by atoms with Crippen molar-refractivity contribution in [2.45, 2.75) is 40.2 Å². The Labute approximate surface area is 88.0 Å². The minimum absolute atomic E-state index is 0.500. The molecule has 80 valence electrons. The lowest BCUT2D eigenvalue weighted by Gasteiger charge is -2.21. The fourth-order valence-corrected chi connectivity index (χ4v) is 0.943. The summed E-state index contributed by atoms with van der Waals surface area (Å²) in [6.45, 7) is 8.50. The predicted molar refractivity (Wildman–Crippen MR) is 64.6 cm³/mol. The summed E-state index contributed by atoms with van der Waals surface area (Å²) in [7, 11) is 1.80. The van der Waals surface area contributed by atoms with Gasteiger partial charge in [-0.2, -0.15) is 0 Å². The third kappa shape index (κ3) is 4.85. The van der Waals surface area contributed by atoms with Crippen LogP contribution in [0.25, 0.3) is 0 Å². The lowest BCUT2D eigenvalue weighted by Crippen LogP contribution is -2.25. The van der Waals surface area contributed by atoms with Gasteiger partial charge in [0, 0.05) is 19.3 Å². The van der Waals surface area contributed by atoms with Gasteiger partial charge in [-0.3, -0.25) is 4.99 Å². The Morgan fingerprint density at radius 3 is 2.57 bits per heavy atom.